The highest BCUT2D eigenvalue weighted by Crippen LogP contribution is 1.99. The molecule has 1 aromatic rings. The Morgan fingerprint density at radius 2 is 2.06 bits per heavy atom. The molecule has 1 heterocycles. The minimum atomic E-state index is -0.294. The summed E-state index contributed by atoms with van der Waals surface area (Å²) in [5, 5.41) is 7.09. The lowest BCUT2D eigenvalue weighted by Crippen LogP contribution is -2.38. The standard InChI is InChI=1S/C11H18N4O2/c1-8-7-10(16)14(2)11(17)15(8)6-4-3-5-9(12)13/h7H,3-6H2,1-2H3,(H3,12,13). The molecule has 1 rings (SSSR count). The zero-order chi connectivity index (χ0) is 13.0. The third-order valence-electron chi connectivity index (χ3n) is 2.68. The maximum atomic E-state index is 11.8. The molecule has 0 fully saturated rings. The van der Waals surface area contributed by atoms with Gasteiger partial charge in [-0.3, -0.25) is 19.3 Å². The van der Waals surface area contributed by atoms with Gasteiger partial charge in [0, 0.05) is 31.8 Å². The zero-order valence-corrected chi connectivity index (χ0v) is 10.2. The fourth-order valence-corrected chi connectivity index (χ4v) is 1.64. The summed E-state index contributed by atoms with van der Waals surface area (Å²) in [7, 11) is 1.47. The maximum absolute atomic E-state index is 11.8. The van der Waals surface area contributed by atoms with Crippen molar-refractivity contribution in [3.05, 3.63) is 32.6 Å². The number of aryl methyl sites for hydroxylation is 1. The third-order valence-corrected chi connectivity index (χ3v) is 2.68. The summed E-state index contributed by atoms with van der Waals surface area (Å²) in [4.78, 5) is 23.1. The Hall–Kier alpha value is -1.85. The van der Waals surface area contributed by atoms with Crippen LogP contribution in [0.15, 0.2) is 15.7 Å². The van der Waals surface area contributed by atoms with E-state index < -0.39 is 0 Å². The van der Waals surface area contributed by atoms with E-state index in [1.807, 2.05) is 0 Å². The van der Waals surface area contributed by atoms with E-state index in [1.165, 1.54) is 13.1 Å². The van der Waals surface area contributed by atoms with E-state index in [0.29, 0.717) is 18.7 Å². The van der Waals surface area contributed by atoms with E-state index in [-0.39, 0.29) is 17.1 Å². The van der Waals surface area contributed by atoms with E-state index in [4.69, 9.17) is 11.1 Å². The van der Waals surface area contributed by atoms with Gasteiger partial charge in [0.15, 0.2) is 0 Å². The highest BCUT2D eigenvalue weighted by Gasteiger charge is 2.05. The number of rotatable bonds is 5. The summed E-state index contributed by atoms with van der Waals surface area (Å²) >= 11 is 0. The Kier molecular flexibility index (Phi) is 4.25. The van der Waals surface area contributed by atoms with Crippen LogP contribution in [-0.4, -0.2) is 15.0 Å². The molecule has 0 aliphatic rings. The van der Waals surface area contributed by atoms with Gasteiger partial charge in [0.25, 0.3) is 5.56 Å². The fraction of sp³-hybridized carbons (Fsp3) is 0.545. The molecular formula is C11H18N4O2. The molecule has 0 aliphatic heterocycles. The Morgan fingerprint density at radius 1 is 1.41 bits per heavy atom. The lowest BCUT2D eigenvalue weighted by Gasteiger charge is -2.10. The van der Waals surface area contributed by atoms with Crippen molar-refractivity contribution in [1.29, 1.82) is 5.41 Å². The monoisotopic (exact) mass is 238 g/mol. The van der Waals surface area contributed by atoms with Crippen LogP contribution in [0.25, 0.3) is 0 Å². The van der Waals surface area contributed by atoms with Crippen molar-refractivity contribution in [3.8, 4) is 0 Å². The first-order chi connectivity index (χ1) is 7.93. The van der Waals surface area contributed by atoms with Gasteiger partial charge in [0.05, 0.1) is 5.84 Å². The molecular weight excluding hydrogens is 220 g/mol. The largest absolute Gasteiger partial charge is 0.388 e. The van der Waals surface area contributed by atoms with Gasteiger partial charge in [-0.05, 0) is 19.8 Å². The Balaban J connectivity index is 2.79. The molecule has 17 heavy (non-hydrogen) atoms. The number of nitrogens with one attached hydrogen (secondary N) is 1. The summed E-state index contributed by atoms with van der Waals surface area (Å²) in [5.41, 5.74) is 5.33. The summed E-state index contributed by atoms with van der Waals surface area (Å²) in [6.07, 6.45) is 2.07. The molecule has 94 valence electrons. The van der Waals surface area contributed by atoms with E-state index in [1.54, 1.807) is 11.5 Å². The molecule has 1 aromatic heterocycles. The average molecular weight is 238 g/mol. The lowest BCUT2D eigenvalue weighted by atomic mass is 10.2. The van der Waals surface area contributed by atoms with Crippen LogP contribution in [0.1, 0.15) is 25.0 Å². The molecule has 6 nitrogen and oxygen atoms in total. The first-order valence-electron chi connectivity index (χ1n) is 5.54. The van der Waals surface area contributed by atoms with Gasteiger partial charge in [-0.25, -0.2) is 4.79 Å². The first-order valence-corrected chi connectivity index (χ1v) is 5.54. The van der Waals surface area contributed by atoms with Gasteiger partial charge in [-0.2, -0.15) is 0 Å². The van der Waals surface area contributed by atoms with Gasteiger partial charge < -0.3 is 5.73 Å². The minimum Gasteiger partial charge on any atom is -0.388 e. The molecule has 0 radical (unpaired) electrons. The quantitative estimate of drug-likeness (QED) is 0.428. The molecule has 0 saturated heterocycles. The smallest absolute Gasteiger partial charge is 0.330 e. The number of nitrogens with two attached hydrogens (primary N) is 1. The maximum Gasteiger partial charge on any atom is 0.330 e. The number of unbranched alkanes of at least 4 members (excludes halogenated alkanes) is 1. The first kappa shape index (κ1) is 13.2. The van der Waals surface area contributed by atoms with Crippen molar-refractivity contribution >= 4 is 5.84 Å². The van der Waals surface area contributed by atoms with Crippen molar-refractivity contribution in [2.75, 3.05) is 0 Å². The van der Waals surface area contributed by atoms with E-state index in [9.17, 15) is 9.59 Å². The Bertz CT molecular complexity index is 527. The van der Waals surface area contributed by atoms with Crippen LogP contribution >= 0.6 is 0 Å². The summed E-state index contributed by atoms with van der Waals surface area (Å²) in [6, 6.07) is 1.45. The van der Waals surface area contributed by atoms with Crippen molar-refractivity contribution in [2.24, 2.45) is 12.8 Å². The predicted octanol–water partition coefficient (Wildman–Crippen LogP) is -0.0383. The highest BCUT2D eigenvalue weighted by atomic mass is 16.2. The van der Waals surface area contributed by atoms with Crippen LogP contribution in [0, 0.1) is 12.3 Å². The summed E-state index contributed by atoms with van der Waals surface area (Å²) < 4.78 is 2.67. The second-order valence-electron chi connectivity index (χ2n) is 4.10. The van der Waals surface area contributed by atoms with Gasteiger partial charge >= 0.3 is 5.69 Å². The molecule has 0 unspecified atom stereocenters. The number of hydrogen-bond donors (Lipinski definition) is 2. The van der Waals surface area contributed by atoms with Crippen LogP contribution in [0.5, 0.6) is 0 Å². The molecule has 0 bridgehead atoms. The number of nitrogens with zero attached hydrogens (tertiary/aromatic N) is 2. The van der Waals surface area contributed by atoms with Gasteiger partial charge in [0.2, 0.25) is 0 Å². The van der Waals surface area contributed by atoms with Crippen LogP contribution in [-0.2, 0) is 13.6 Å². The normalized spacial score (nSPS) is 10.5. The fourth-order valence-electron chi connectivity index (χ4n) is 1.64. The van der Waals surface area contributed by atoms with Gasteiger partial charge in [-0.15, -0.1) is 0 Å². The van der Waals surface area contributed by atoms with Gasteiger partial charge in [0.1, 0.15) is 0 Å². The Morgan fingerprint density at radius 3 is 2.65 bits per heavy atom. The second kappa shape index (κ2) is 5.47. The van der Waals surface area contributed by atoms with Crippen molar-refractivity contribution in [1.82, 2.24) is 9.13 Å². The van der Waals surface area contributed by atoms with E-state index in [0.717, 1.165) is 17.4 Å². The van der Waals surface area contributed by atoms with Crippen LogP contribution in [0.3, 0.4) is 0 Å². The third kappa shape index (κ3) is 3.30. The average Bonchev–Trinajstić information content (AvgIpc) is 2.24. The van der Waals surface area contributed by atoms with E-state index >= 15 is 0 Å². The number of hydrogen-bond acceptors (Lipinski definition) is 3. The number of amidine groups is 1. The van der Waals surface area contributed by atoms with Crippen LogP contribution in [0.4, 0.5) is 0 Å². The van der Waals surface area contributed by atoms with Crippen molar-refractivity contribution in [2.45, 2.75) is 32.7 Å². The summed E-state index contributed by atoms with van der Waals surface area (Å²) in [5.74, 6) is 0.162. The molecule has 0 atom stereocenters. The molecule has 0 aliphatic carbocycles. The molecule has 0 saturated carbocycles. The molecule has 6 heteroatoms. The van der Waals surface area contributed by atoms with Gasteiger partial charge in [-0.1, -0.05) is 0 Å². The SMILES string of the molecule is Cc1cc(=O)n(C)c(=O)n1CCCCC(=N)N. The lowest BCUT2D eigenvalue weighted by molar-refractivity contribution is 0.546. The summed E-state index contributed by atoms with van der Waals surface area (Å²) in [6.45, 7) is 2.29. The molecule has 0 amide bonds. The van der Waals surface area contributed by atoms with E-state index in [2.05, 4.69) is 0 Å². The molecule has 3 N–H and O–H groups in total. The van der Waals surface area contributed by atoms with Crippen LogP contribution < -0.4 is 17.0 Å². The second-order valence-corrected chi connectivity index (χ2v) is 4.10. The highest BCUT2D eigenvalue weighted by molar-refractivity contribution is 5.76. The van der Waals surface area contributed by atoms with Crippen molar-refractivity contribution in [3.63, 3.8) is 0 Å². The van der Waals surface area contributed by atoms with Crippen molar-refractivity contribution < 1.29 is 0 Å². The molecule has 0 spiro atoms. The number of aromatic nitrogens is 2. The Labute approximate surface area is 99.2 Å². The zero-order valence-electron chi connectivity index (χ0n) is 10.2. The topological polar surface area (TPSA) is 93.9 Å². The minimum absolute atomic E-state index is 0.162. The predicted molar refractivity (Wildman–Crippen MR) is 66.4 cm³/mol. The van der Waals surface area contributed by atoms with Crippen LogP contribution in [0.2, 0.25) is 0 Å². The molecule has 0 aromatic carbocycles.